The molecule has 4 heteroatoms. The van der Waals surface area contributed by atoms with Crippen LogP contribution in [-0.2, 0) is 4.79 Å². The Kier molecular flexibility index (Phi) is 5.36. The molecule has 0 aromatic heterocycles. The Bertz CT molecular complexity index is 907. The summed E-state index contributed by atoms with van der Waals surface area (Å²) in [6, 6.07) is 0. The van der Waals surface area contributed by atoms with Crippen molar-refractivity contribution in [1.29, 1.82) is 0 Å². The summed E-state index contributed by atoms with van der Waals surface area (Å²) in [5.74, 6) is 1.30. The monoisotopic (exact) mass is 472 g/mol. The van der Waals surface area contributed by atoms with E-state index in [-0.39, 0.29) is 27.6 Å². The maximum Gasteiger partial charge on any atom is 0.310 e. The van der Waals surface area contributed by atoms with Gasteiger partial charge in [-0.05, 0) is 103 Å². The number of aliphatic hydroxyl groups excluding tert-OH is 2. The second-order valence-electron chi connectivity index (χ2n) is 14.6. The summed E-state index contributed by atoms with van der Waals surface area (Å²) in [5.41, 5.74) is 0.574. The topological polar surface area (TPSA) is 77.8 Å². The highest BCUT2D eigenvalue weighted by Crippen LogP contribution is 2.75. The van der Waals surface area contributed by atoms with Crippen LogP contribution in [-0.4, -0.2) is 33.5 Å². The molecule has 0 amide bonds. The van der Waals surface area contributed by atoms with Crippen LogP contribution in [0.2, 0.25) is 0 Å². The molecule has 34 heavy (non-hydrogen) atoms. The fourth-order valence-corrected chi connectivity index (χ4v) is 11.0. The van der Waals surface area contributed by atoms with Crippen LogP contribution < -0.4 is 0 Å². The van der Waals surface area contributed by atoms with Crippen LogP contribution >= 0.6 is 0 Å². The first-order valence-electron chi connectivity index (χ1n) is 14.0. The number of hydrogen-bond acceptors (Lipinski definition) is 3. The van der Waals surface area contributed by atoms with E-state index in [4.69, 9.17) is 0 Å². The summed E-state index contributed by atoms with van der Waals surface area (Å²) in [4.78, 5) is 12.8. The average Bonchev–Trinajstić information content (AvgIpc) is 2.75. The minimum absolute atomic E-state index is 0.00993. The Hall–Kier alpha value is -0.870. The van der Waals surface area contributed by atoms with Gasteiger partial charge in [-0.2, -0.15) is 0 Å². The maximum absolute atomic E-state index is 12.8. The predicted molar refractivity (Wildman–Crippen MR) is 134 cm³/mol. The summed E-state index contributed by atoms with van der Waals surface area (Å²) in [6.45, 7) is 16.3. The molecule has 5 aliphatic carbocycles. The molecule has 4 fully saturated rings. The zero-order chi connectivity index (χ0) is 25.1. The van der Waals surface area contributed by atoms with Crippen LogP contribution in [0.15, 0.2) is 11.6 Å². The number of carbonyl (C=O) groups is 1. The van der Waals surface area contributed by atoms with Gasteiger partial charge in [0, 0.05) is 0 Å². The molecule has 5 aliphatic rings. The van der Waals surface area contributed by atoms with Crippen LogP contribution in [0.4, 0.5) is 0 Å². The lowest BCUT2D eigenvalue weighted by atomic mass is 9.33. The minimum Gasteiger partial charge on any atom is -0.481 e. The lowest BCUT2D eigenvalue weighted by Gasteiger charge is -2.71. The first-order valence-corrected chi connectivity index (χ1v) is 14.0. The van der Waals surface area contributed by atoms with Gasteiger partial charge in [0.25, 0.3) is 0 Å². The highest BCUT2D eigenvalue weighted by Gasteiger charge is 2.70. The normalized spacial score (nSPS) is 56.3. The van der Waals surface area contributed by atoms with E-state index >= 15 is 0 Å². The summed E-state index contributed by atoms with van der Waals surface area (Å²) < 4.78 is 0. The van der Waals surface area contributed by atoms with Crippen molar-refractivity contribution in [2.45, 2.75) is 112 Å². The number of carboxylic acids is 1. The smallest absolute Gasteiger partial charge is 0.310 e. The molecule has 0 radical (unpaired) electrons. The van der Waals surface area contributed by atoms with E-state index < -0.39 is 23.6 Å². The van der Waals surface area contributed by atoms with Crippen molar-refractivity contribution >= 4 is 5.97 Å². The number of aliphatic carboxylic acids is 1. The van der Waals surface area contributed by atoms with E-state index in [9.17, 15) is 20.1 Å². The largest absolute Gasteiger partial charge is 0.481 e. The molecular weight excluding hydrogens is 424 g/mol. The van der Waals surface area contributed by atoms with Crippen molar-refractivity contribution in [3.05, 3.63) is 11.6 Å². The molecule has 11 atom stereocenters. The molecule has 4 nitrogen and oxygen atoms in total. The fraction of sp³-hybridized carbons (Fsp3) is 0.900. The van der Waals surface area contributed by atoms with Gasteiger partial charge in [-0.1, -0.05) is 60.1 Å². The predicted octanol–water partition coefficient (Wildman–Crippen LogP) is 6.06. The third kappa shape index (κ3) is 2.76. The number of rotatable bonds is 1. The standard InChI is InChI=1S/C30H48O4/c1-17-10-13-30(25(33)34)15-14-28(6)19(23(30)18(17)2)8-9-22-27(5)16-20(31)24(32)26(3,4)21(27)11-12-29(22,28)7/h8,17-18,20-24,31-32H,9-16H2,1-7H3,(H,33,34)/t17-,18+,20-,21+,22-,23?,24+,27+,28-,29-,30+/m1/s1. The Balaban J connectivity index is 1.62. The van der Waals surface area contributed by atoms with E-state index in [1.165, 1.54) is 5.57 Å². The Morgan fingerprint density at radius 2 is 1.62 bits per heavy atom. The number of aliphatic hydroxyl groups is 2. The van der Waals surface area contributed by atoms with E-state index in [1.807, 2.05) is 0 Å². The summed E-state index contributed by atoms with van der Waals surface area (Å²) >= 11 is 0. The van der Waals surface area contributed by atoms with Gasteiger partial charge in [0.1, 0.15) is 0 Å². The Morgan fingerprint density at radius 1 is 0.941 bits per heavy atom. The third-order valence-corrected chi connectivity index (χ3v) is 13.4. The molecule has 0 spiro atoms. The van der Waals surface area contributed by atoms with Crippen molar-refractivity contribution < 1.29 is 20.1 Å². The molecule has 1 unspecified atom stereocenters. The molecule has 0 aliphatic heterocycles. The van der Waals surface area contributed by atoms with Crippen molar-refractivity contribution in [2.24, 2.45) is 56.7 Å². The number of fused-ring (bicyclic) bond motifs is 7. The quantitative estimate of drug-likeness (QED) is 0.405. The maximum atomic E-state index is 12.8. The summed E-state index contributed by atoms with van der Waals surface area (Å²) in [5, 5.41) is 32.4. The Morgan fingerprint density at radius 3 is 2.26 bits per heavy atom. The third-order valence-electron chi connectivity index (χ3n) is 13.4. The molecular formula is C30H48O4. The molecule has 0 aromatic rings. The van der Waals surface area contributed by atoms with Gasteiger partial charge < -0.3 is 15.3 Å². The zero-order valence-electron chi connectivity index (χ0n) is 22.5. The van der Waals surface area contributed by atoms with Crippen LogP contribution in [0.25, 0.3) is 0 Å². The number of hydrogen-bond donors (Lipinski definition) is 3. The fourth-order valence-electron chi connectivity index (χ4n) is 11.0. The second-order valence-corrected chi connectivity index (χ2v) is 14.6. The molecule has 0 saturated heterocycles. The van der Waals surface area contributed by atoms with Gasteiger partial charge >= 0.3 is 5.97 Å². The first kappa shape index (κ1) is 24.8. The van der Waals surface area contributed by atoms with E-state index in [1.54, 1.807) is 0 Å². The molecule has 4 saturated carbocycles. The van der Waals surface area contributed by atoms with Crippen molar-refractivity contribution in [3.8, 4) is 0 Å². The van der Waals surface area contributed by atoms with Gasteiger partial charge in [-0.25, -0.2) is 0 Å². The number of allylic oxidation sites excluding steroid dienone is 2. The minimum atomic E-state index is -0.679. The van der Waals surface area contributed by atoms with Crippen LogP contribution in [0.3, 0.4) is 0 Å². The van der Waals surface area contributed by atoms with Gasteiger partial charge in [-0.15, -0.1) is 0 Å². The highest BCUT2D eigenvalue weighted by molar-refractivity contribution is 5.76. The second kappa shape index (κ2) is 7.34. The van der Waals surface area contributed by atoms with Gasteiger partial charge in [0.15, 0.2) is 0 Å². The number of carboxylic acid groups (broad SMARTS) is 1. The summed E-state index contributed by atoms with van der Waals surface area (Å²) in [7, 11) is 0. The van der Waals surface area contributed by atoms with Crippen molar-refractivity contribution in [1.82, 2.24) is 0 Å². The van der Waals surface area contributed by atoms with E-state index in [2.05, 4.69) is 54.5 Å². The molecule has 192 valence electrons. The zero-order valence-corrected chi connectivity index (χ0v) is 22.5. The lowest BCUT2D eigenvalue weighted by molar-refractivity contribution is -0.232. The SMILES string of the molecule is C[C@@H]1CC[C@]2(C(=O)O)CC[C@]3(C)C(=CC[C@@H]4[C@@]5(C)C[C@@H](O)[C@H](O)C(C)(C)[C@@H]5CC[C@]43C)C2[C@H]1C. The molecule has 0 bridgehead atoms. The van der Waals surface area contributed by atoms with Gasteiger partial charge in [-0.3, -0.25) is 4.79 Å². The first-order chi connectivity index (χ1) is 15.7. The van der Waals surface area contributed by atoms with E-state index in [0.717, 1.165) is 44.9 Å². The molecule has 0 aromatic carbocycles. The van der Waals surface area contributed by atoms with Crippen LogP contribution in [0.5, 0.6) is 0 Å². The van der Waals surface area contributed by atoms with Crippen LogP contribution in [0, 0.1) is 56.7 Å². The summed E-state index contributed by atoms with van der Waals surface area (Å²) in [6.07, 6.45) is 8.53. The average molecular weight is 473 g/mol. The highest BCUT2D eigenvalue weighted by atomic mass is 16.4. The van der Waals surface area contributed by atoms with Gasteiger partial charge in [0.2, 0.25) is 0 Å². The Labute approximate surface area is 206 Å². The van der Waals surface area contributed by atoms with Gasteiger partial charge in [0.05, 0.1) is 17.6 Å². The molecule has 5 rings (SSSR count). The molecule has 3 N–H and O–H groups in total. The molecule has 0 heterocycles. The van der Waals surface area contributed by atoms with Crippen LogP contribution in [0.1, 0.15) is 99.8 Å². The van der Waals surface area contributed by atoms with E-state index in [0.29, 0.717) is 30.1 Å². The van der Waals surface area contributed by atoms with Crippen molar-refractivity contribution in [2.75, 3.05) is 0 Å². The van der Waals surface area contributed by atoms with Crippen molar-refractivity contribution in [3.63, 3.8) is 0 Å². The lowest BCUT2D eigenvalue weighted by Crippen LogP contribution is -2.67.